The van der Waals surface area contributed by atoms with Gasteiger partial charge in [-0.05, 0) is 90.0 Å². The van der Waals surface area contributed by atoms with E-state index in [9.17, 15) is 9.90 Å². The Balaban J connectivity index is 1.85. The topological polar surface area (TPSA) is 37.3 Å². The average molecular weight is 419 g/mol. The number of benzene rings is 1. The van der Waals surface area contributed by atoms with E-state index < -0.39 is 0 Å². The van der Waals surface area contributed by atoms with Gasteiger partial charge in [-0.1, -0.05) is 63.1 Å². The van der Waals surface area contributed by atoms with Crippen LogP contribution in [0, 0.1) is 17.3 Å². The summed E-state index contributed by atoms with van der Waals surface area (Å²) in [4.78, 5) is 11.4. The number of allylic oxidation sites excluding steroid dienone is 5. The van der Waals surface area contributed by atoms with E-state index in [2.05, 4.69) is 51.6 Å². The summed E-state index contributed by atoms with van der Waals surface area (Å²) in [6, 6.07) is 9.11. The largest absolute Gasteiger partial charge is 0.393 e. The van der Waals surface area contributed by atoms with Gasteiger partial charge < -0.3 is 5.11 Å². The second kappa shape index (κ2) is 8.90. The molecule has 2 saturated carbocycles. The molecule has 166 valence electrons. The van der Waals surface area contributed by atoms with E-state index in [1.807, 2.05) is 12.2 Å². The fraction of sp³-hybridized carbons (Fsp3) is 0.552. The fourth-order valence-corrected chi connectivity index (χ4v) is 6.94. The molecule has 2 heteroatoms. The van der Waals surface area contributed by atoms with Gasteiger partial charge in [0.25, 0.3) is 0 Å². The van der Waals surface area contributed by atoms with Gasteiger partial charge in [0.1, 0.15) is 6.29 Å². The third-order valence-electron chi connectivity index (χ3n) is 8.71. The van der Waals surface area contributed by atoms with Crippen LogP contribution < -0.4 is 0 Å². The van der Waals surface area contributed by atoms with Crippen LogP contribution in [-0.4, -0.2) is 17.5 Å². The third kappa shape index (κ3) is 3.78. The Kier molecular flexibility index (Phi) is 6.40. The number of fused-ring (bicyclic) bond motifs is 3. The molecule has 0 bridgehead atoms. The number of aldehydes is 1. The Labute approximate surface area is 188 Å². The molecule has 0 amide bonds. The minimum absolute atomic E-state index is 0.0187. The second-order valence-electron chi connectivity index (χ2n) is 10.3. The van der Waals surface area contributed by atoms with Gasteiger partial charge in [-0.2, -0.15) is 0 Å². The van der Waals surface area contributed by atoms with Gasteiger partial charge >= 0.3 is 0 Å². The molecular weight excluding hydrogens is 380 g/mol. The summed E-state index contributed by atoms with van der Waals surface area (Å²) in [6.45, 7) is 10.7. The molecule has 0 heterocycles. The quantitative estimate of drug-likeness (QED) is 0.311. The van der Waals surface area contributed by atoms with E-state index >= 15 is 0 Å². The smallest absolute Gasteiger partial charge is 0.143 e. The number of carbonyl (C=O) groups excluding carboxylic acids is 1. The zero-order chi connectivity index (χ0) is 22.2. The van der Waals surface area contributed by atoms with Crippen LogP contribution in [0.1, 0.15) is 88.7 Å². The van der Waals surface area contributed by atoms with Gasteiger partial charge in [0.2, 0.25) is 0 Å². The minimum Gasteiger partial charge on any atom is -0.393 e. The lowest BCUT2D eigenvalue weighted by Gasteiger charge is -2.51. The van der Waals surface area contributed by atoms with E-state index in [4.69, 9.17) is 0 Å². The van der Waals surface area contributed by atoms with Crippen molar-refractivity contribution in [3.63, 3.8) is 0 Å². The summed E-state index contributed by atoms with van der Waals surface area (Å²) in [5, 5.41) is 11.0. The molecule has 0 saturated heterocycles. The molecule has 0 radical (unpaired) electrons. The summed E-state index contributed by atoms with van der Waals surface area (Å²) in [5.74, 6) is 1.75. The maximum Gasteiger partial charge on any atom is 0.143 e. The standard InChI is InChI=1S/C29H38O2/c1-5-7-23-22(16-17-30)12-13-24-26-14-15-27(31)29(26,4)18-25(28(23)24)21-10-8-20(9-11-21)19(3)6-2/h6,8-11,16-17,19,24-27,31H,2,5,7,12-15,18H2,1,3-4H3/b22-16-. The zero-order valence-electron chi connectivity index (χ0n) is 19.4. The van der Waals surface area contributed by atoms with E-state index in [0.717, 1.165) is 51.2 Å². The highest BCUT2D eigenvalue weighted by atomic mass is 16.3. The van der Waals surface area contributed by atoms with Crippen molar-refractivity contribution in [2.75, 3.05) is 0 Å². The lowest BCUT2D eigenvalue weighted by Crippen LogP contribution is -2.44. The summed E-state index contributed by atoms with van der Waals surface area (Å²) >= 11 is 0. The normalized spacial score (nSPS) is 34.9. The number of hydrogen-bond donors (Lipinski definition) is 1. The number of aliphatic hydroxyl groups excluding tert-OH is 1. The zero-order valence-corrected chi connectivity index (χ0v) is 19.4. The van der Waals surface area contributed by atoms with Crippen LogP contribution in [-0.2, 0) is 4.79 Å². The van der Waals surface area contributed by atoms with Crippen molar-refractivity contribution in [2.45, 2.75) is 83.7 Å². The molecule has 1 aromatic carbocycles. The van der Waals surface area contributed by atoms with Crippen molar-refractivity contribution in [3.8, 4) is 0 Å². The fourth-order valence-electron chi connectivity index (χ4n) is 6.94. The number of rotatable bonds is 6. The first-order valence-electron chi connectivity index (χ1n) is 12.2. The molecule has 1 aromatic rings. The second-order valence-corrected chi connectivity index (χ2v) is 10.3. The summed E-state index contributed by atoms with van der Waals surface area (Å²) in [7, 11) is 0. The predicted molar refractivity (Wildman–Crippen MR) is 128 cm³/mol. The molecule has 0 aromatic heterocycles. The van der Waals surface area contributed by atoms with Crippen LogP contribution in [0.15, 0.2) is 59.7 Å². The van der Waals surface area contributed by atoms with E-state index in [1.165, 1.54) is 22.3 Å². The van der Waals surface area contributed by atoms with Gasteiger partial charge in [-0.15, -0.1) is 6.58 Å². The third-order valence-corrected chi connectivity index (χ3v) is 8.71. The van der Waals surface area contributed by atoms with Gasteiger partial charge in [0.15, 0.2) is 0 Å². The maximum absolute atomic E-state index is 11.4. The van der Waals surface area contributed by atoms with Crippen molar-refractivity contribution in [3.05, 3.63) is 70.8 Å². The Bertz CT molecular complexity index is 890. The van der Waals surface area contributed by atoms with E-state index in [1.54, 1.807) is 5.57 Å². The summed E-state index contributed by atoms with van der Waals surface area (Å²) in [6.07, 6.45) is 11.9. The van der Waals surface area contributed by atoms with Gasteiger partial charge in [-0.3, -0.25) is 4.79 Å². The highest BCUT2D eigenvalue weighted by molar-refractivity contribution is 5.69. The molecular formula is C29H38O2. The van der Waals surface area contributed by atoms with E-state index in [0.29, 0.717) is 23.7 Å². The minimum atomic E-state index is -0.205. The molecule has 2 nitrogen and oxygen atoms in total. The van der Waals surface area contributed by atoms with Gasteiger partial charge in [0, 0.05) is 5.92 Å². The number of carbonyl (C=O) groups is 1. The molecule has 3 aliphatic rings. The Hall–Kier alpha value is -1.93. The summed E-state index contributed by atoms with van der Waals surface area (Å²) in [5.41, 5.74) is 6.93. The first-order chi connectivity index (χ1) is 14.9. The molecule has 0 aliphatic heterocycles. The highest BCUT2D eigenvalue weighted by Crippen LogP contribution is 2.63. The van der Waals surface area contributed by atoms with Crippen LogP contribution in [0.2, 0.25) is 0 Å². The molecule has 4 rings (SSSR count). The van der Waals surface area contributed by atoms with E-state index in [-0.39, 0.29) is 11.5 Å². The number of aliphatic hydroxyl groups is 1. The van der Waals surface area contributed by atoms with Crippen LogP contribution >= 0.6 is 0 Å². The van der Waals surface area contributed by atoms with Gasteiger partial charge in [0.05, 0.1) is 6.10 Å². The summed E-state index contributed by atoms with van der Waals surface area (Å²) < 4.78 is 0. The lowest BCUT2D eigenvalue weighted by atomic mass is 9.53. The first-order valence-corrected chi connectivity index (χ1v) is 12.2. The highest BCUT2D eigenvalue weighted by Gasteiger charge is 2.56. The van der Waals surface area contributed by atoms with Crippen LogP contribution in [0.25, 0.3) is 0 Å². The van der Waals surface area contributed by atoms with Gasteiger partial charge in [-0.25, -0.2) is 0 Å². The maximum atomic E-state index is 11.4. The Morgan fingerprint density at radius 1 is 1.23 bits per heavy atom. The van der Waals surface area contributed by atoms with Crippen molar-refractivity contribution in [1.82, 2.24) is 0 Å². The SMILES string of the molecule is C=CC(C)c1ccc(C2CC3(C)C(O)CCC3C3CC/C(=C/C=O)C(CCC)=C23)cc1. The molecule has 31 heavy (non-hydrogen) atoms. The Morgan fingerprint density at radius 3 is 2.61 bits per heavy atom. The van der Waals surface area contributed by atoms with Crippen LogP contribution in [0.3, 0.4) is 0 Å². The molecule has 1 N–H and O–H groups in total. The van der Waals surface area contributed by atoms with Crippen molar-refractivity contribution < 1.29 is 9.90 Å². The first kappa shape index (κ1) is 22.3. The molecule has 6 unspecified atom stereocenters. The van der Waals surface area contributed by atoms with Crippen molar-refractivity contribution >= 4 is 6.29 Å². The average Bonchev–Trinajstić information content (AvgIpc) is 3.08. The predicted octanol–water partition coefficient (Wildman–Crippen LogP) is 6.87. The molecule has 6 atom stereocenters. The molecule has 0 spiro atoms. The monoisotopic (exact) mass is 418 g/mol. The Morgan fingerprint density at radius 2 is 1.97 bits per heavy atom. The lowest BCUT2D eigenvalue weighted by molar-refractivity contribution is -0.104. The van der Waals surface area contributed by atoms with Crippen molar-refractivity contribution in [1.29, 1.82) is 0 Å². The van der Waals surface area contributed by atoms with Crippen LogP contribution in [0.4, 0.5) is 0 Å². The molecule has 3 aliphatic carbocycles. The molecule has 2 fully saturated rings. The van der Waals surface area contributed by atoms with Crippen molar-refractivity contribution in [2.24, 2.45) is 17.3 Å². The van der Waals surface area contributed by atoms with Crippen LogP contribution in [0.5, 0.6) is 0 Å². The number of hydrogen-bond acceptors (Lipinski definition) is 2.